The summed E-state index contributed by atoms with van der Waals surface area (Å²) in [5.41, 5.74) is 0.772. The lowest BCUT2D eigenvalue weighted by Crippen LogP contribution is -2.29. The normalized spacial score (nSPS) is 11.2. The van der Waals surface area contributed by atoms with E-state index in [0.717, 1.165) is 5.69 Å². The quantitative estimate of drug-likeness (QED) is 0.633. The van der Waals surface area contributed by atoms with Gasteiger partial charge in [-0.15, -0.1) is 0 Å². The van der Waals surface area contributed by atoms with Crippen LogP contribution in [-0.4, -0.2) is 53.7 Å². The minimum absolute atomic E-state index is 0.0583. The molecule has 0 aliphatic carbocycles. The second-order valence-corrected chi connectivity index (χ2v) is 3.44. The Bertz CT molecular complexity index is 284. The molecule has 0 spiro atoms. The van der Waals surface area contributed by atoms with Gasteiger partial charge in [-0.25, -0.2) is 0 Å². The molecule has 0 aliphatic heterocycles. The van der Waals surface area contributed by atoms with E-state index in [1.807, 2.05) is 11.0 Å². The van der Waals surface area contributed by atoms with Crippen LogP contribution in [-0.2, 0) is 17.9 Å². The third kappa shape index (κ3) is 4.28. The van der Waals surface area contributed by atoms with Gasteiger partial charge in [0.25, 0.3) is 0 Å². The molecule has 0 aromatic carbocycles. The molecule has 0 amide bonds. The maximum Gasteiger partial charge on any atom is 0.162 e. The Morgan fingerprint density at radius 2 is 2.06 bits per heavy atom. The number of aliphatic hydroxyl groups excluding tert-OH is 2. The monoisotopic (exact) mass is 230 g/mol. The Morgan fingerprint density at radius 3 is 2.62 bits per heavy atom. The molecule has 1 rings (SSSR count). The molecule has 1 heterocycles. The molecular formula is C10H18N2O4. The number of hydrogen-bond acceptors (Lipinski definition) is 6. The molecule has 0 unspecified atom stereocenters. The third-order valence-electron chi connectivity index (χ3n) is 2.11. The van der Waals surface area contributed by atoms with Crippen molar-refractivity contribution < 1.29 is 19.5 Å². The fourth-order valence-corrected chi connectivity index (χ4v) is 1.42. The van der Waals surface area contributed by atoms with Crippen molar-refractivity contribution in [3.05, 3.63) is 17.5 Å². The lowest BCUT2D eigenvalue weighted by Gasteiger charge is -2.17. The van der Waals surface area contributed by atoms with Crippen LogP contribution in [0.1, 0.15) is 11.5 Å². The van der Waals surface area contributed by atoms with Crippen molar-refractivity contribution in [1.82, 2.24) is 10.1 Å². The molecule has 0 saturated carbocycles. The molecule has 16 heavy (non-hydrogen) atoms. The average molecular weight is 230 g/mol. The van der Waals surface area contributed by atoms with Crippen LogP contribution in [0.3, 0.4) is 0 Å². The highest BCUT2D eigenvalue weighted by atomic mass is 16.5. The van der Waals surface area contributed by atoms with Crippen molar-refractivity contribution in [1.29, 1.82) is 0 Å². The van der Waals surface area contributed by atoms with E-state index in [-0.39, 0.29) is 13.2 Å². The van der Waals surface area contributed by atoms with Crippen molar-refractivity contribution in [2.45, 2.75) is 13.2 Å². The van der Waals surface area contributed by atoms with E-state index in [1.165, 1.54) is 0 Å². The van der Waals surface area contributed by atoms with E-state index in [2.05, 4.69) is 5.16 Å². The number of aromatic nitrogens is 1. The summed E-state index contributed by atoms with van der Waals surface area (Å²) in [6.45, 7) is 2.08. The van der Waals surface area contributed by atoms with Crippen LogP contribution in [0.15, 0.2) is 10.6 Å². The lowest BCUT2D eigenvalue weighted by molar-refractivity contribution is 0.150. The number of aliphatic hydroxyl groups is 2. The Kier molecular flexibility index (Phi) is 6.02. The van der Waals surface area contributed by atoms with Crippen molar-refractivity contribution >= 4 is 0 Å². The van der Waals surface area contributed by atoms with E-state index < -0.39 is 0 Å². The molecule has 0 atom stereocenters. The third-order valence-corrected chi connectivity index (χ3v) is 2.11. The van der Waals surface area contributed by atoms with Gasteiger partial charge in [0, 0.05) is 32.8 Å². The van der Waals surface area contributed by atoms with Crippen molar-refractivity contribution in [2.75, 3.05) is 33.4 Å². The van der Waals surface area contributed by atoms with Gasteiger partial charge in [-0.05, 0) is 0 Å². The fraction of sp³-hybridized carbons (Fsp3) is 0.700. The highest BCUT2D eigenvalue weighted by Crippen LogP contribution is 2.07. The highest BCUT2D eigenvalue weighted by Gasteiger charge is 2.09. The molecule has 92 valence electrons. The van der Waals surface area contributed by atoms with Gasteiger partial charge < -0.3 is 19.5 Å². The van der Waals surface area contributed by atoms with E-state index in [4.69, 9.17) is 19.5 Å². The summed E-state index contributed by atoms with van der Waals surface area (Å²) in [5, 5.41) is 21.6. The molecule has 1 aromatic heterocycles. The van der Waals surface area contributed by atoms with Gasteiger partial charge >= 0.3 is 0 Å². The molecule has 0 aliphatic rings. The highest BCUT2D eigenvalue weighted by molar-refractivity contribution is 5.04. The predicted octanol–water partition coefficient (Wildman–Crippen LogP) is -0.392. The number of rotatable bonds is 8. The van der Waals surface area contributed by atoms with Gasteiger partial charge in [0.15, 0.2) is 5.76 Å². The Balaban J connectivity index is 2.48. The van der Waals surface area contributed by atoms with Crippen LogP contribution in [0.2, 0.25) is 0 Å². The molecule has 2 N–H and O–H groups in total. The summed E-state index contributed by atoms with van der Waals surface area (Å²) in [4.78, 5) is 1.90. The zero-order valence-electron chi connectivity index (χ0n) is 9.43. The zero-order chi connectivity index (χ0) is 11.8. The van der Waals surface area contributed by atoms with Crippen LogP contribution in [0.25, 0.3) is 0 Å². The second kappa shape index (κ2) is 7.34. The van der Waals surface area contributed by atoms with Gasteiger partial charge in [0.2, 0.25) is 0 Å². The standard InChI is InChI=1S/C10H18N2O4/c1-15-8-10-6-9(11-16-10)7-12(2-4-13)3-5-14/h6,13-14H,2-5,7-8H2,1H3. The SMILES string of the molecule is COCc1cc(CN(CCO)CCO)no1. The Hall–Kier alpha value is -0.950. The zero-order valence-corrected chi connectivity index (χ0v) is 9.43. The minimum Gasteiger partial charge on any atom is -0.395 e. The van der Waals surface area contributed by atoms with Gasteiger partial charge in [0.1, 0.15) is 6.61 Å². The fourth-order valence-electron chi connectivity index (χ4n) is 1.42. The summed E-state index contributed by atoms with van der Waals surface area (Å²) in [7, 11) is 1.59. The maximum absolute atomic E-state index is 8.84. The first-order valence-corrected chi connectivity index (χ1v) is 5.17. The Labute approximate surface area is 94.4 Å². The van der Waals surface area contributed by atoms with Gasteiger partial charge in [0.05, 0.1) is 18.9 Å². The maximum atomic E-state index is 8.84. The molecule has 6 nitrogen and oxygen atoms in total. The van der Waals surface area contributed by atoms with Crippen LogP contribution < -0.4 is 0 Å². The largest absolute Gasteiger partial charge is 0.395 e. The number of nitrogens with zero attached hydrogens (tertiary/aromatic N) is 2. The minimum atomic E-state index is 0.0583. The molecule has 0 radical (unpaired) electrons. The van der Waals surface area contributed by atoms with E-state index in [9.17, 15) is 0 Å². The summed E-state index contributed by atoms with van der Waals surface area (Å²) in [5.74, 6) is 0.672. The Morgan fingerprint density at radius 1 is 1.38 bits per heavy atom. The summed E-state index contributed by atoms with van der Waals surface area (Å²) >= 11 is 0. The lowest BCUT2D eigenvalue weighted by atomic mass is 10.3. The molecule has 0 bridgehead atoms. The van der Waals surface area contributed by atoms with Crippen LogP contribution in [0.5, 0.6) is 0 Å². The molecule has 6 heteroatoms. The van der Waals surface area contributed by atoms with Gasteiger partial charge in [-0.1, -0.05) is 5.16 Å². The smallest absolute Gasteiger partial charge is 0.162 e. The summed E-state index contributed by atoms with van der Waals surface area (Å²) in [6, 6.07) is 1.81. The van der Waals surface area contributed by atoms with E-state index >= 15 is 0 Å². The van der Waals surface area contributed by atoms with Crippen LogP contribution >= 0.6 is 0 Å². The van der Waals surface area contributed by atoms with Crippen molar-refractivity contribution in [3.63, 3.8) is 0 Å². The first kappa shape index (κ1) is 13.1. The van der Waals surface area contributed by atoms with E-state index in [1.54, 1.807) is 7.11 Å². The van der Waals surface area contributed by atoms with Crippen LogP contribution in [0.4, 0.5) is 0 Å². The van der Waals surface area contributed by atoms with Crippen molar-refractivity contribution in [3.8, 4) is 0 Å². The molecule has 0 saturated heterocycles. The molecular weight excluding hydrogens is 212 g/mol. The predicted molar refractivity (Wildman–Crippen MR) is 56.7 cm³/mol. The number of hydrogen-bond donors (Lipinski definition) is 2. The van der Waals surface area contributed by atoms with Gasteiger partial charge in [-0.2, -0.15) is 0 Å². The summed E-state index contributed by atoms with van der Waals surface area (Å²) < 4.78 is 9.95. The molecule has 1 aromatic rings. The van der Waals surface area contributed by atoms with Crippen molar-refractivity contribution in [2.24, 2.45) is 0 Å². The van der Waals surface area contributed by atoms with E-state index in [0.29, 0.717) is 32.0 Å². The second-order valence-electron chi connectivity index (χ2n) is 3.44. The topological polar surface area (TPSA) is 79.0 Å². The van der Waals surface area contributed by atoms with Gasteiger partial charge in [-0.3, -0.25) is 4.90 Å². The summed E-state index contributed by atoms with van der Waals surface area (Å²) in [6.07, 6.45) is 0. The number of ether oxygens (including phenoxy) is 1. The number of methoxy groups -OCH3 is 1. The first-order valence-electron chi connectivity index (χ1n) is 5.17. The van der Waals surface area contributed by atoms with Crippen LogP contribution in [0, 0.1) is 0 Å². The first-order chi connectivity index (χ1) is 7.80. The average Bonchev–Trinajstić information content (AvgIpc) is 2.67. The molecule has 0 fully saturated rings.